The number of benzene rings is 1. The van der Waals surface area contributed by atoms with Crippen molar-refractivity contribution >= 4 is 33.4 Å². The van der Waals surface area contributed by atoms with Crippen LogP contribution in [0, 0.1) is 0 Å². The highest BCUT2D eigenvalue weighted by molar-refractivity contribution is 9.10. The van der Waals surface area contributed by atoms with Crippen molar-refractivity contribution in [3.05, 3.63) is 58.3 Å². The van der Waals surface area contributed by atoms with Gasteiger partial charge in [-0.05, 0) is 40.2 Å². The first-order chi connectivity index (χ1) is 8.68. The first-order valence-corrected chi connectivity index (χ1v) is 6.07. The minimum Gasteiger partial charge on any atom is -0.268 e. The molecule has 2 amide bonds. The molecule has 1 aliphatic heterocycles. The quantitative estimate of drug-likeness (QED) is 0.601. The first-order valence-electron chi connectivity index (χ1n) is 5.28. The molecule has 2 heterocycles. The van der Waals surface area contributed by atoms with Crippen LogP contribution in [0.3, 0.4) is 0 Å². The number of carbonyl (C=O) groups is 2. The predicted octanol–water partition coefficient (Wildman–Crippen LogP) is 2.64. The fraction of sp³-hybridized carbons (Fsp3) is 0. The molecule has 3 rings (SSSR count). The van der Waals surface area contributed by atoms with Crippen LogP contribution in [0.1, 0.15) is 20.7 Å². The lowest BCUT2D eigenvalue weighted by atomic mass is 10.1. The number of rotatable bonds is 1. The van der Waals surface area contributed by atoms with Crippen LogP contribution in [0.2, 0.25) is 0 Å². The van der Waals surface area contributed by atoms with Gasteiger partial charge in [0.2, 0.25) is 0 Å². The van der Waals surface area contributed by atoms with E-state index in [-0.39, 0.29) is 11.8 Å². The Kier molecular flexibility index (Phi) is 2.48. The van der Waals surface area contributed by atoms with Crippen molar-refractivity contribution in [1.29, 1.82) is 0 Å². The Labute approximate surface area is 111 Å². The molecule has 88 valence electrons. The highest BCUT2D eigenvalue weighted by Gasteiger charge is 2.36. The molecule has 0 saturated carbocycles. The Morgan fingerprint density at radius 2 is 1.61 bits per heavy atom. The van der Waals surface area contributed by atoms with E-state index in [1.807, 2.05) is 0 Å². The average molecular weight is 303 g/mol. The molecule has 0 N–H and O–H groups in total. The summed E-state index contributed by atoms with van der Waals surface area (Å²) in [5.41, 5.74) is 1.40. The van der Waals surface area contributed by atoms with Gasteiger partial charge in [0.25, 0.3) is 11.8 Å². The van der Waals surface area contributed by atoms with E-state index in [0.717, 1.165) is 4.90 Å². The number of imide groups is 1. The van der Waals surface area contributed by atoms with Gasteiger partial charge in [0, 0.05) is 6.20 Å². The Balaban J connectivity index is 2.12. The second-order valence-corrected chi connectivity index (χ2v) is 4.64. The third-order valence-corrected chi connectivity index (χ3v) is 3.20. The van der Waals surface area contributed by atoms with Crippen molar-refractivity contribution in [3.8, 4) is 0 Å². The normalized spacial score (nSPS) is 13.9. The molecule has 0 bridgehead atoms. The number of fused-ring (bicyclic) bond motifs is 1. The molecule has 0 radical (unpaired) electrons. The third-order valence-electron chi connectivity index (χ3n) is 2.76. The van der Waals surface area contributed by atoms with Crippen molar-refractivity contribution < 1.29 is 9.59 Å². The lowest BCUT2D eigenvalue weighted by molar-refractivity contribution is 0.0926. The molecule has 4 nitrogen and oxygen atoms in total. The van der Waals surface area contributed by atoms with Gasteiger partial charge in [-0.15, -0.1) is 0 Å². The van der Waals surface area contributed by atoms with Gasteiger partial charge >= 0.3 is 0 Å². The van der Waals surface area contributed by atoms with Gasteiger partial charge in [0.05, 0.1) is 16.8 Å². The summed E-state index contributed by atoms with van der Waals surface area (Å²) in [6.07, 6.45) is 1.54. The van der Waals surface area contributed by atoms with Crippen LogP contribution in [0.15, 0.2) is 47.2 Å². The monoisotopic (exact) mass is 302 g/mol. The minimum absolute atomic E-state index is 0.297. The molecular weight excluding hydrogens is 296 g/mol. The molecule has 5 heteroatoms. The van der Waals surface area contributed by atoms with E-state index in [9.17, 15) is 9.59 Å². The second kappa shape index (κ2) is 4.03. The van der Waals surface area contributed by atoms with E-state index in [1.165, 1.54) is 0 Å². The Bertz CT molecular complexity index is 635. The van der Waals surface area contributed by atoms with Crippen molar-refractivity contribution in [2.45, 2.75) is 0 Å². The van der Waals surface area contributed by atoms with Gasteiger partial charge in [-0.1, -0.05) is 12.1 Å². The van der Waals surface area contributed by atoms with Crippen LogP contribution in [-0.2, 0) is 0 Å². The molecule has 0 fully saturated rings. The zero-order valence-electron chi connectivity index (χ0n) is 9.13. The van der Waals surface area contributed by atoms with Gasteiger partial charge < -0.3 is 0 Å². The summed E-state index contributed by atoms with van der Waals surface area (Å²) in [6, 6.07) is 10.1. The fourth-order valence-corrected chi connectivity index (χ4v) is 2.31. The molecule has 2 aromatic rings. The summed E-state index contributed by atoms with van der Waals surface area (Å²) in [4.78, 5) is 29.5. The standard InChI is InChI=1S/C13H7BrN2O2/c14-11-7-8(5-6-15-11)16-12(17)9-3-1-2-4-10(9)13(16)18/h1-7H. The summed E-state index contributed by atoms with van der Waals surface area (Å²) in [7, 11) is 0. The Hall–Kier alpha value is -2.01. The molecule has 18 heavy (non-hydrogen) atoms. The zero-order valence-corrected chi connectivity index (χ0v) is 10.7. The van der Waals surface area contributed by atoms with Gasteiger partial charge in [0.1, 0.15) is 4.60 Å². The summed E-state index contributed by atoms with van der Waals surface area (Å²) >= 11 is 3.22. The molecule has 0 unspecified atom stereocenters. The van der Waals surface area contributed by atoms with E-state index in [4.69, 9.17) is 0 Å². The molecule has 0 saturated heterocycles. The van der Waals surface area contributed by atoms with E-state index in [2.05, 4.69) is 20.9 Å². The molecule has 1 aliphatic rings. The van der Waals surface area contributed by atoms with Crippen LogP contribution in [0.25, 0.3) is 0 Å². The Morgan fingerprint density at radius 3 is 2.17 bits per heavy atom. The first kappa shape index (κ1) is 11.1. The molecule has 1 aromatic carbocycles. The van der Waals surface area contributed by atoms with Crippen molar-refractivity contribution in [1.82, 2.24) is 4.98 Å². The van der Waals surface area contributed by atoms with Crippen molar-refractivity contribution in [3.63, 3.8) is 0 Å². The number of anilines is 1. The lowest BCUT2D eigenvalue weighted by Crippen LogP contribution is -2.29. The molecule has 0 spiro atoms. The zero-order chi connectivity index (χ0) is 12.7. The van der Waals surface area contributed by atoms with E-state index in [1.54, 1.807) is 42.6 Å². The maximum atomic E-state index is 12.2. The van der Waals surface area contributed by atoms with Crippen LogP contribution >= 0.6 is 15.9 Å². The minimum atomic E-state index is -0.297. The number of hydrogen-bond donors (Lipinski definition) is 0. The van der Waals surface area contributed by atoms with E-state index < -0.39 is 0 Å². The molecular formula is C13H7BrN2O2. The maximum absolute atomic E-state index is 12.2. The van der Waals surface area contributed by atoms with Crippen molar-refractivity contribution in [2.24, 2.45) is 0 Å². The molecule has 1 aromatic heterocycles. The Morgan fingerprint density at radius 1 is 1.00 bits per heavy atom. The number of halogens is 1. The topological polar surface area (TPSA) is 50.3 Å². The van der Waals surface area contributed by atoms with Gasteiger partial charge in [0.15, 0.2) is 0 Å². The SMILES string of the molecule is O=C1c2ccccc2C(=O)N1c1ccnc(Br)c1. The average Bonchev–Trinajstić information content (AvgIpc) is 2.63. The number of hydrogen-bond acceptors (Lipinski definition) is 3. The highest BCUT2D eigenvalue weighted by Crippen LogP contribution is 2.28. The second-order valence-electron chi connectivity index (χ2n) is 3.83. The lowest BCUT2D eigenvalue weighted by Gasteiger charge is -2.13. The van der Waals surface area contributed by atoms with E-state index >= 15 is 0 Å². The summed E-state index contributed by atoms with van der Waals surface area (Å²) in [6.45, 7) is 0. The van der Waals surface area contributed by atoms with Gasteiger partial charge in [-0.2, -0.15) is 0 Å². The summed E-state index contributed by atoms with van der Waals surface area (Å²) in [5.74, 6) is -0.595. The number of aromatic nitrogens is 1. The predicted molar refractivity (Wildman–Crippen MR) is 69.5 cm³/mol. The third kappa shape index (κ3) is 1.55. The molecule has 0 aliphatic carbocycles. The van der Waals surface area contributed by atoms with Gasteiger partial charge in [-0.3, -0.25) is 9.59 Å². The number of pyridine rings is 1. The van der Waals surface area contributed by atoms with Gasteiger partial charge in [-0.25, -0.2) is 9.88 Å². The largest absolute Gasteiger partial charge is 0.268 e. The molecule has 0 atom stereocenters. The fourth-order valence-electron chi connectivity index (χ4n) is 1.96. The number of carbonyl (C=O) groups excluding carboxylic acids is 2. The smallest absolute Gasteiger partial charge is 0.266 e. The number of nitrogens with zero attached hydrogens (tertiary/aromatic N) is 2. The van der Waals surface area contributed by atoms with Crippen LogP contribution in [0.4, 0.5) is 5.69 Å². The van der Waals surface area contributed by atoms with Crippen molar-refractivity contribution in [2.75, 3.05) is 4.90 Å². The van der Waals surface area contributed by atoms with Crippen LogP contribution < -0.4 is 4.90 Å². The van der Waals surface area contributed by atoms with E-state index in [0.29, 0.717) is 21.4 Å². The maximum Gasteiger partial charge on any atom is 0.266 e. The number of amides is 2. The van der Waals surface area contributed by atoms with Crippen LogP contribution in [0.5, 0.6) is 0 Å². The van der Waals surface area contributed by atoms with Crippen LogP contribution in [-0.4, -0.2) is 16.8 Å². The summed E-state index contributed by atoms with van der Waals surface area (Å²) in [5, 5.41) is 0. The highest BCUT2D eigenvalue weighted by atomic mass is 79.9. The summed E-state index contributed by atoms with van der Waals surface area (Å²) < 4.78 is 0.580.